The van der Waals surface area contributed by atoms with Crippen molar-refractivity contribution in [3.8, 4) is 0 Å². The minimum absolute atomic E-state index is 0.0477. The number of amides is 1. The van der Waals surface area contributed by atoms with Gasteiger partial charge in [-0.3, -0.25) is 4.79 Å². The number of anilines is 1. The summed E-state index contributed by atoms with van der Waals surface area (Å²) in [6, 6.07) is 5.42. The van der Waals surface area contributed by atoms with Crippen molar-refractivity contribution in [2.45, 2.75) is 32.9 Å². The molecule has 20 heavy (non-hydrogen) atoms. The molecule has 0 spiro atoms. The van der Waals surface area contributed by atoms with Gasteiger partial charge >= 0.3 is 0 Å². The van der Waals surface area contributed by atoms with Crippen LogP contribution in [0.3, 0.4) is 0 Å². The third-order valence-corrected chi connectivity index (χ3v) is 3.35. The summed E-state index contributed by atoms with van der Waals surface area (Å²) in [5.41, 5.74) is 1.45. The van der Waals surface area contributed by atoms with Crippen LogP contribution in [0.1, 0.15) is 25.8 Å². The van der Waals surface area contributed by atoms with Gasteiger partial charge in [-0.1, -0.05) is 26.0 Å². The van der Waals surface area contributed by atoms with Crippen LogP contribution >= 0.6 is 0 Å². The molecule has 1 amide bonds. The van der Waals surface area contributed by atoms with Crippen molar-refractivity contribution in [2.24, 2.45) is 0 Å². The normalized spacial score (nSPS) is 16.2. The van der Waals surface area contributed by atoms with E-state index in [1.54, 1.807) is 6.07 Å². The monoisotopic (exact) mass is 279 g/mol. The maximum atomic E-state index is 14.2. The highest BCUT2D eigenvalue weighted by Gasteiger charge is 2.20. The van der Waals surface area contributed by atoms with E-state index < -0.39 is 0 Å². The SMILES string of the molecule is CC(C)NCc1cccc(F)c1N1CCCNC(=O)C1. The third kappa shape index (κ3) is 3.70. The number of benzene rings is 1. The summed E-state index contributed by atoms with van der Waals surface area (Å²) in [7, 11) is 0. The molecule has 5 heteroatoms. The summed E-state index contributed by atoms with van der Waals surface area (Å²) in [6.07, 6.45) is 0.830. The highest BCUT2D eigenvalue weighted by molar-refractivity contribution is 5.82. The molecule has 1 aliphatic heterocycles. The van der Waals surface area contributed by atoms with Crippen molar-refractivity contribution in [3.05, 3.63) is 29.6 Å². The fourth-order valence-electron chi connectivity index (χ4n) is 2.37. The predicted octanol–water partition coefficient (Wildman–Crippen LogP) is 1.65. The molecule has 1 aromatic rings. The second-order valence-electron chi connectivity index (χ2n) is 5.41. The molecule has 1 heterocycles. The van der Waals surface area contributed by atoms with Crippen LogP contribution < -0.4 is 15.5 Å². The molecular weight excluding hydrogens is 257 g/mol. The quantitative estimate of drug-likeness (QED) is 0.881. The van der Waals surface area contributed by atoms with Gasteiger partial charge in [0.15, 0.2) is 0 Å². The largest absolute Gasteiger partial charge is 0.360 e. The Morgan fingerprint density at radius 1 is 1.45 bits per heavy atom. The predicted molar refractivity (Wildman–Crippen MR) is 78.2 cm³/mol. The fourth-order valence-corrected chi connectivity index (χ4v) is 2.37. The Labute approximate surface area is 119 Å². The summed E-state index contributed by atoms with van der Waals surface area (Å²) in [5.74, 6) is -0.309. The Kier molecular flexibility index (Phi) is 4.95. The molecule has 1 aromatic carbocycles. The minimum atomic E-state index is -0.261. The maximum Gasteiger partial charge on any atom is 0.239 e. The molecule has 0 aliphatic carbocycles. The minimum Gasteiger partial charge on any atom is -0.360 e. The van der Waals surface area contributed by atoms with E-state index in [9.17, 15) is 9.18 Å². The van der Waals surface area contributed by atoms with Crippen LogP contribution in [0.4, 0.5) is 10.1 Å². The van der Waals surface area contributed by atoms with Gasteiger partial charge in [0.1, 0.15) is 5.82 Å². The zero-order valence-corrected chi connectivity index (χ0v) is 12.1. The van der Waals surface area contributed by atoms with E-state index in [4.69, 9.17) is 0 Å². The van der Waals surface area contributed by atoms with Crippen molar-refractivity contribution < 1.29 is 9.18 Å². The summed E-state index contributed by atoms with van der Waals surface area (Å²) in [4.78, 5) is 13.5. The number of hydrogen-bond donors (Lipinski definition) is 2. The number of carbonyl (C=O) groups is 1. The van der Waals surface area contributed by atoms with E-state index in [0.29, 0.717) is 31.4 Å². The van der Waals surface area contributed by atoms with E-state index in [1.165, 1.54) is 6.07 Å². The second kappa shape index (κ2) is 6.70. The van der Waals surface area contributed by atoms with Crippen LogP contribution in [0, 0.1) is 5.82 Å². The second-order valence-corrected chi connectivity index (χ2v) is 5.41. The van der Waals surface area contributed by atoms with E-state index in [1.807, 2.05) is 11.0 Å². The van der Waals surface area contributed by atoms with Crippen molar-refractivity contribution >= 4 is 11.6 Å². The molecule has 0 radical (unpaired) electrons. The number of carbonyl (C=O) groups excluding carboxylic acids is 1. The molecule has 0 atom stereocenters. The van der Waals surface area contributed by atoms with E-state index in [0.717, 1.165) is 12.0 Å². The van der Waals surface area contributed by atoms with Crippen molar-refractivity contribution in [1.29, 1.82) is 0 Å². The zero-order chi connectivity index (χ0) is 14.5. The molecular formula is C15H22FN3O. The molecule has 110 valence electrons. The average molecular weight is 279 g/mol. The van der Waals surface area contributed by atoms with Gasteiger partial charge < -0.3 is 15.5 Å². The number of hydrogen-bond acceptors (Lipinski definition) is 3. The van der Waals surface area contributed by atoms with Crippen LogP contribution in [-0.2, 0) is 11.3 Å². The topological polar surface area (TPSA) is 44.4 Å². The van der Waals surface area contributed by atoms with Gasteiger partial charge in [0, 0.05) is 25.7 Å². The summed E-state index contributed by atoms with van der Waals surface area (Å²) in [5, 5.41) is 6.12. The smallest absolute Gasteiger partial charge is 0.239 e. The molecule has 0 unspecified atom stereocenters. The van der Waals surface area contributed by atoms with Crippen LogP contribution in [0.5, 0.6) is 0 Å². The first-order valence-corrected chi connectivity index (χ1v) is 7.10. The molecule has 2 rings (SSSR count). The molecule has 1 saturated heterocycles. The molecule has 0 aromatic heterocycles. The fraction of sp³-hybridized carbons (Fsp3) is 0.533. The lowest BCUT2D eigenvalue weighted by atomic mass is 10.1. The molecule has 1 aliphatic rings. The van der Waals surface area contributed by atoms with Gasteiger partial charge in [-0.05, 0) is 18.1 Å². The van der Waals surface area contributed by atoms with E-state index >= 15 is 0 Å². The zero-order valence-electron chi connectivity index (χ0n) is 12.1. The van der Waals surface area contributed by atoms with Gasteiger partial charge in [-0.25, -0.2) is 4.39 Å². The number of halogens is 1. The molecule has 0 saturated carbocycles. The van der Waals surface area contributed by atoms with Crippen molar-refractivity contribution in [1.82, 2.24) is 10.6 Å². The lowest BCUT2D eigenvalue weighted by Crippen LogP contribution is -2.34. The molecule has 2 N–H and O–H groups in total. The van der Waals surface area contributed by atoms with Gasteiger partial charge in [-0.15, -0.1) is 0 Å². The summed E-state index contributed by atoms with van der Waals surface area (Å²) in [6.45, 7) is 6.27. The molecule has 4 nitrogen and oxygen atoms in total. The Morgan fingerprint density at radius 3 is 3.00 bits per heavy atom. The number of nitrogens with zero attached hydrogens (tertiary/aromatic N) is 1. The summed E-state index contributed by atoms with van der Waals surface area (Å²) >= 11 is 0. The number of nitrogens with one attached hydrogen (secondary N) is 2. The first kappa shape index (κ1) is 14.8. The van der Waals surface area contributed by atoms with Crippen LogP contribution in [0.25, 0.3) is 0 Å². The number of rotatable bonds is 4. The molecule has 1 fully saturated rings. The van der Waals surface area contributed by atoms with Crippen LogP contribution in [0.2, 0.25) is 0 Å². The third-order valence-electron chi connectivity index (χ3n) is 3.35. The standard InChI is InChI=1S/C15H22FN3O/c1-11(2)18-9-12-5-3-6-13(16)15(12)19-8-4-7-17-14(20)10-19/h3,5-6,11,18H,4,7-10H2,1-2H3,(H,17,20). The van der Waals surface area contributed by atoms with Gasteiger partial charge in [0.2, 0.25) is 5.91 Å². The van der Waals surface area contributed by atoms with Crippen molar-refractivity contribution in [2.75, 3.05) is 24.5 Å². The first-order chi connectivity index (χ1) is 9.58. The highest BCUT2D eigenvalue weighted by atomic mass is 19.1. The average Bonchev–Trinajstić information content (AvgIpc) is 2.61. The van der Waals surface area contributed by atoms with E-state index in [-0.39, 0.29) is 18.3 Å². The lowest BCUT2D eigenvalue weighted by molar-refractivity contribution is -0.119. The van der Waals surface area contributed by atoms with E-state index in [2.05, 4.69) is 24.5 Å². The van der Waals surface area contributed by atoms with Crippen LogP contribution in [0.15, 0.2) is 18.2 Å². The Hall–Kier alpha value is -1.62. The van der Waals surface area contributed by atoms with Crippen molar-refractivity contribution in [3.63, 3.8) is 0 Å². The van der Waals surface area contributed by atoms with Gasteiger partial charge in [-0.2, -0.15) is 0 Å². The van der Waals surface area contributed by atoms with Gasteiger partial charge in [0.25, 0.3) is 0 Å². The molecule has 0 bridgehead atoms. The van der Waals surface area contributed by atoms with Gasteiger partial charge in [0.05, 0.1) is 12.2 Å². The van der Waals surface area contributed by atoms with Crippen LogP contribution in [-0.4, -0.2) is 31.6 Å². The first-order valence-electron chi connectivity index (χ1n) is 7.10. The lowest BCUT2D eigenvalue weighted by Gasteiger charge is -2.25. The number of para-hydroxylation sites is 1. The Morgan fingerprint density at radius 2 is 2.25 bits per heavy atom. The highest BCUT2D eigenvalue weighted by Crippen LogP contribution is 2.25. The summed E-state index contributed by atoms with van der Waals surface area (Å²) < 4.78 is 14.2. The maximum absolute atomic E-state index is 14.2. The Bertz CT molecular complexity index is 476. The Balaban J connectivity index is 2.25.